The van der Waals surface area contributed by atoms with E-state index in [4.69, 9.17) is 4.74 Å². The lowest BCUT2D eigenvalue weighted by atomic mass is 10.0. The zero-order chi connectivity index (χ0) is 21.5. The van der Waals surface area contributed by atoms with Crippen molar-refractivity contribution in [1.82, 2.24) is 14.8 Å². The fourth-order valence-electron chi connectivity index (χ4n) is 3.17. The van der Waals surface area contributed by atoms with Crippen molar-refractivity contribution in [2.45, 2.75) is 11.6 Å². The highest BCUT2D eigenvalue weighted by Crippen LogP contribution is 2.23. The van der Waals surface area contributed by atoms with Gasteiger partial charge >= 0.3 is 0 Å². The topological polar surface area (TPSA) is 69.0 Å². The number of amides is 1. The van der Waals surface area contributed by atoms with Crippen LogP contribution in [-0.2, 0) is 11.2 Å². The van der Waals surface area contributed by atoms with Crippen molar-refractivity contribution in [1.29, 1.82) is 0 Å². The molecule has 0 aliphatic heterocycles. The highest BCUT2D eigenvalue weighted by atomic mass is 32.2. The number of rotatable bonds is 8. The number of ether oxygens (including phenoxy) is 1. The number of carbonyl (C=O) groups excluding carboxylic acids is 1. The Morgan fingerprint density at radius 2 is 1.74 bits per heavy atom. The van der Waals surface area contributed by atoms with Gasteiger partial charge in [-0.15, -0.1) is 10.2 Å². The Kier molecular flexibility index (Phi) is 6.64. The Bertz CT molecular complexity index is 1140. The third-order valence-electron chi connectivity index (χ3n) is 4.73. The molecule has 3 aromatic carbocycles. The number of carbonyl (C=O) groups is 1. The summed E-state index contributed by atoms with van der Waals surface area (Å²) >= 11 is 1.34. The van der Waals surface area contributed by atoms with E-state index >= 15 is 0 Å². The number of anilines is 1. The highest BCUT2D eigenvalue weighted by Gasteiger charge is 2.12. The second-order valence-corrected chi connectivity index (χ2v) is 7.78. The summed E-state index contributed by atoms with van der Waals surface area (Å²) < 4.78 is 7.05. The fraction of sp³-hybridized carbons (Fsp3) is 0.125. The van der Waals surface area contributed by atoms with Crippen molar-refractivity contribution in [3.8, 4) is 11.4 Å². The van der Waals surface area contributed by atoms with Gasteiger partial charge in [0, 0.05) is 11.4 Å². The van der Waals surface area contributed by atoms with E-state index in [-0.39, 0.29) is 11.7 Å². The number of nitrogens with one attached hydrogen (secondary N) is 1. The van der Waals surface area contributed by atoms with Crippen LogP contribution in [0.4, 0.5) is 5.69 Å². The highest BCUT2D eigenvalue weighted by molar-refractivity contribution is 7.99. The SMILES string of the molecule is COc1ccc(-n2cnnc2SCC(=O)Nc2ccccc2Cc2ccccc2)cc1. The molecule has 31 heavy (non-hydrogen) atoms. The molecular weight excluding hydrogens is 408 g/mol. The maximum atomic E-state index is 12.6. The lowest BCUT2D eigenvalue weighted by Crippen LogP contribution is -2.16. The number of aromatic nitrogens is 3. The Morgan fingerprint density at radius 3 is 2.52 bits per heavy atom. The van der Waals surface area contributed by atoms with E-state index in [9.17, 15) is 4.79 Å². The van der Waals surface area contributed by atoms with Gasteiger partial charge in [0.2, 0.25) is 5.91 Å². The standard InChI is InChI=1S/C24H22N4O2S/c1-30-21-13-11-20(12-14-21)28-17-25-27-24(28)31-16-23(29)26-22-10-6-5-9-19(22)15-18-7-3-2-4-8-18/h2-14,17H,15-16H2,1H3,(H,26,29). The molecule has 0 atom stereocenters. The van der Waals surface area contributed by atoms with Gasteiger partial charge in [-0.05, 0) is 47.9 Å². The molecular formula is C24H22N4O2S. The molecule has 0 bridgehead atoms. The number of hydrogen-bond acceptors (Lipinski definition) is 5. The van der Waals surface area contributed by atoms with Crippen LogP contribution in [0.3, 0.4) is 0 Å². The quantitative estimate of drug-likeness (QED) is 0.414. The summed E-state index contributed by atoms with van der Waals surface area (Å²) in [6.07, 6.45) is 2.40. The summed E-state index contributed by atoms with van der Waals surface area (Å²) in [7, 11) is 1.63. The maximum absolute atomic E-state index is 12.6. The van der Waals surface area contributed by atoms with Gasteiger partial charge in [-0.25, -0.2) is 0 Å². The molecule has 0 radical (unpaired) electrons. The summed E-state index contributed by atoms with van der Waals surface area (Å²) in [5, 5.41) is 11.8. The van der Waals surface area contributed by atoms with Crippen LogP contribution in [-0.4, -0.2) is 33.5 Å². The number of nitrogens with zero attached hydrogens (tertiary/aromatic N) is 3. The number of hydrogen-bond donors (Lipinski definition) is 1. The Balaban J connectivity index is 1.40. The van der Waals surface area contributed by atoms with Crippen molar-refractivity contribution in [3.63, 3.8) is 0 Å². The fourth-order valence-corrected chi connectivity index (χ4v) is 3.90. The number of benzene rings is 3. The van der Waals surface area contributed by atoms with Crippen molar-refractivity contribution in [2.24, 2.45) is 0 Å². The molecule has 156 valence electrons. The predicted molar refractivity (Wildman–Crippen MR) is 123 cm³/mol. The van der Waals surface area contributed by atoms with Gasteiger partial charge in [0.1, 0.15) is 12.1 Å². The first-order valence-corrected chi connectivity index (χ1v) is 10.8. The summed E-state index contributed by atoms with van der Waals surface area (Å²) in [5.41, 5.74) is 4.01. The Hall–Kier alpha value is -3.58. The van der Waals surface area contributed by atoms with Crippen LogP contribution in [0.15, 0.2) is 90.3 Å². The minimum absolute atomic E-state index is 0.0882. The Morgan fingerprint density at radius 1 is 1.00 bits per heavy atom. The Labute approximate surface area is 185 Å². The van der Waals surface area contributed by atoms with Gasteiger partial charge < -0.3 is 10.1 Å². The van der Waals surface area contributed by atoms with E-state index in [1.165, 1.54) is 17.3 Å². The normalized spacial score (nSPS) is 10.6. The van der Waals surface area contributed by atoms with Gasteiger partial charge in [0.05, 0.1) is 12.9 Å². The smallest absolute Gasteiger partial charge is 0.234 e. The maximum Gasteiger partial charge on any atom is 0.234 e. The van der Waals surface area contributed by atoms with E-state index in [2.05, 4.69) is 27.6 Å². The molecule has 1 N–H and O–H groups in total. The van der Waals surface area contributed by atoms with Crippen LogP contribution in [0.2, 0.25) is 0 Å². The molecule has 0 aliphatic rings. The molecule has 1 amide bonds. The summed E-state index contributed by atoms with van der Waals surface area (Å²) in [6.45, 7) is 0. The lowest BCUT2D eigenvalue weighted by molar-refractivity contribution is -0.113. The van der Waals surface area contributed by atoms with Crippen LogP contribution < -0.4 is 10.1 Å². The molecule has 0 fully saturated rings. The summed E-state index contributed by atoms with van der Waals surface area (Å²) in [6, 6.07) is 25.7. The average Bonchev–Trinajstić information content (AvgIpc) is 3.28. The monoisotopic (exact) mass is 430 g/mol. The lowest BCUT2D eigenvalue weighted by Gasteiger charge is -2.11. The summed E-state index contributed by atoms with van der Waals surface area (Å²) in [5.74, 6) is 0.920. The minimum Gasteiger partial charge on any atom is -0.497 e. The van der Waals surface area contributed by atoms with Crippen molar-refractivity contribution in [2.75, 3.05) is 18.2 Å². The zero-order valence-electron chi connectivity index (χ0n) is 17.1. The van der Waals surface area contributed by atoms with Crippen molar-refractivity contribution >= 4 is 23.4 Å². The zero-order valence-corrected chi connectivity index (χ0v) is 17.9. The predicted octanol–water partition coefficient (Wildman–Crippen LogP) is 4.60. The first-order chi connectivity index (χ1) is 15.2. The van der Waals surface area contributed by atoms with E-state index in [0.29, 0.717) is 5.16 Å². The molecule has 4 rings (SSSR count). The molecule has 7 heteroatoms. The van der Waals surface area contributed by atoms with E-state index < -0.39 is 0 Å². The van der Waals surface area contributed by atoms with Gasteiger partial charge in [-0.1, -0.05) is 60.3 Å². The minimum atomic E-state index is -0.0882. The first-order valence-electron chi connectivity index (χ1n) is 9.82. The van der Waals surface area contributed by atoms with Gasteiger partial charge in [0.25, 0.3) is 0 Å². The number of thioether (sulfide) groups is 1. The number of para-hydroxylation sites is 1. The van der Waals surface area contributed by atoms with Crippen LogP contribution in [0.25, 0.3) is 5.69 Å². The molecule has 1 heterocycles. The molecule has 0 unspecified atom stereocenters. The summed E-state index contributed by atoms with van der Waals surface area (Å²) in [4.78, 5) is 12.6. The second-order valence-electron chi connectivity index (χ2n) is 6.84. The van der Waals surface area contributed by atoms with E-state index in [1.807, 2.05) is 71.3 Å². The van der Waals surface area contributed by atoms with E-state index in [1.54, 1.807) is 13.4 Å². The van der Waals surface area contributed by atoms with Crippen LogP contribution in [0.1, 0.15) is 11.1 Å². The first kappa shape index (κ1) is 20.7. The van der Waals surface area contributed by atoms with Crippen LogP contribution >= 0.6 is 11.8 Å². The number of methoxy groups -OCH3 is 1. The molecule has 6 nitrogen and oxygen atoms in total. The van der Waals surface area contributed by atoms with Crippen molar-refractivity contribution in [3.05, 3.63) is 96.3 Å². The molecule has 0 aliphatic carbocycles. The average molecular weight is 431 g/mol. The van der Waals surface area contributed by atoms with Crippen molar-refractivity contribution < 1.29 is 9.53 Å². The van der Waals surface area contributed by atoms with Crippen LogP contribution in [0.5, 0.6) is 5.75 Å². The second kappa shape index (κ2) is 9.95. The molecule has 0 saturated carbocycles. The van der Waals surface area contributed by atoms with Gasteiger partial charge in [0.15, 0.2) is 5.16 Å². The van der Waals surface area contributed by atoms with Gasteiger partial charge in [-0.3, -0.25) is 9.36 Å². The van der Waals surface area contributed by atoms with Crippen LogP contribution in [0, 0.1) is 0 Å². The third-order valence-corrected chi connectivity index (χ3v) is 5.67. The molecule has 0 spiro atoms. The molecule has 4 aromatic rings. The van der Waals surface area contributed by atoms with Gasteiger partial charge in [-0.2, -0.15) is 0 Å². The largest absolute Gasteiger partial charge is 0.497 e. The third kappa shape index (κ3) is 5.32. The molecule has 0 saturated heterocycles. The van der Waals surface area contributed by atoms with E-state index in [0.717, 1.165) is 29.1 Å². The molecule has 1 aromatic heterocycles.